The molecule has 6 nitrogen and oxygen atoms in total. The standard InChI is InChI=1S/C5H8O6S2.3Na.3H/c1-2(5(8)12)3(4(6)7)13(9,10)11;;;;;;/h2-3H,1H3,(H,6,7)(H,8,12)(H,9,10,11);;;;;;. The van der Waals surface area contributed by atoms with Gasteiger partial charge < -0.3 is 5.11 Å². The van der Waals surface area contributed by atoms with Crippen LogP contribution >= 0.6 is 12.6 Å². The van der Waals surface area contributed by atoms with Gasteiger partial charge >= 0.3 is 94.6 Å². The topological polar surface area (TPSA) is 109 Å². The first-order valence-electron chi connectivity index (χ1n) is 3.10. The molecule has 0 spiro atoms. The molecule has 2 N–H and O–H groups in total. The molecular formula is C5H11Na3O6S2. The van der Waals surface area contributed by atoms with Crippen LogP contribution < -0.4 is 0 Å². The molecule has 0 aromatic carbocycles. The van der Waals surface area contributed by atoms with Crippen molar-refractivity contribution in [1.82, 2.24) is 0 Å². The maximum atomic E-state index is 10.6. The Bertz CT molecular complexity index is 329. The van der Waals surface area contributed by atoms with Crippen molar-refractivity contribution in [2.45, 2.75) is 12.2 Å². The van der Waals surface area contributed by atoms with Crippen LogP contribution in [0.4, 0.5) is 0 Å². The van der Waals surface area contributed by atoms with Gasteiger partial charge in [-0.2, -0.15) is 8.42 Å². The Labute approximate surface area is 165 Å². The number of thiol groups is 1. The fraction of sp³-hybridized carbons (Fsp3) is 0.600. The van der Waals surface area contributed by atoms with Gasteiger partial charge in [0, 0.05) is 0 Å². The number of carbonyl (C=O) groups is 2. The summed E-state index contributed by atoms with van der Waals surface area (Å²) in [6.45, 7) is 1.06. The Hall–Kier alpha value is 2.40. The van der Waals surface area contributed by atoms with Crippen molar-refractivity contribution in [1.29, 1.82) is 0 Å². The molecule has 0 heterocycles. The van der Waals surface area contributed by atoms with Crippen LogP contribution in [0.1, 0.15) is 6.92 Å². The zero-order valence-corrected chi connectivity index (χ0v) is 8.25. The fourth-order valence-electron chi connectivity index (χ4n) is 0.729. The van der Waals surface area contributed by atoms with Crippen LogP contribution in [0.25, 0.3) is 0 Å². The molecule has 16 heavy (non-hydrogen) atoms. The number of carboxylic acids is 1. The molecule has 0 fully saturated rings. The van der Waals surface area contributed by atoms with Crippen LogP contribution in [-0.4, -0.2) is 123 Å². The summed E-state index contributed by atoms with van der Waals surface area (Å²) in [5.74, 6) is -3.17. The van der Waals surface area contributed by atoms with E-state index < -0.39 is 32.4 Å². The van der Waals surface area contributed by atoms with Gasteiger partial charge in [0.25, 0.3) is 10.1 Å². The van der Waals surface area contributed by atoms with Gasteiger partial charge in [-0.3, -0.25) is 14.1 Å². The van der Waals surface area contributed by atoms with Crippen molar-refractivity contribution < 1.29 is 27.7 Å². The summed E-state index contributed by atoms with van der Waals surface area (Å²) in [6, 6.07) is 0. The van der Waals surface area contributed by atoms with E-state index in [9.17, 15) is 18.0 Å². The van der Waals surface area contributed by atoms with Crippen molar-refractivity contribution in [3.05, 3.63) is 0 Å². The third kappa shape index (κ3) is 9.35. The third-order valence-corrected chi connectivity index (χ3v) is 3.07. The maximum absolute atomic E-state index is 10.6. The summed E-state index contributed by atoms with van der Waals surface area (Å²) >= 11 is 3.28. The van der Waals surface area contributed by atoms with E-state index in [1.54, 1.807) is 0 Å². The molecule has 0 bridgehead atoms. The molecule has 0 rings (SSSR count). The van der Waals surface area contributed by atoms with Crippen molar-refractivity contribution in [2.24, 2.45) is 5.92 Å². The van der Waals surface area contributed by atoms with E-state index in [1.165, 1.54) is 0 Å². The minimum atomic E-state index is -4.78. The Balaban J connectivity index is -0.000000240. The quantitative estimate of drug-likeness (QED) is 0.300. The average molecular weight is 300 g/mol. The second-order valence-electron chi connectivity index (χ2n) is 2.40. The zero-order chi connectivity index (χ0) is 10.8. The molecule has 0 aromatic rings. The van der Waals surface area contributed by atoms with E-state index in [0.29, 0.717) is 0 Å². The first kappa shape index (κ1) is 26.9. The predicted molar refractivity (Wildman–Crippen MR) is 67.6 cm³/mol. The molecular weight excluding hydrogens is 289 g/mol. The minimum absolute atomic E-state index is 0. The molecule has 0 aliphatic carbocycles. The van der Waals surface area contributed by atoms with Gasteiger partial charge in [-0.05, 0) is 0 Å². The monoisotopic (exact) mass is 300 g/mol. The second kappa shape index (κ2) is 11.2. The molecule has 0 saturated heterocycles. The normalized spacial score (nSPS) is 13.2. The Morgan fingerprint density at radius 3 is 1.56 bits per heavy atom. The van der Waals surface area contributed by atoms with Crippen LogP contribution in [0.5, 0.6) is 0 Å². The van der Waals surface area contributed by atoms with Crippen molar-refractivity contribution in [2.75, 3.05) is 0 Å². The van der Waals surface area contributed by atoms with E-state index >= 15 is 0 Å². The number of carboxylic acid groups (broad SMARTS) is 1. The van der Waals surface area contributed by atoms with Crippen LogP contribution in [0.15, 0.2) is 0 Å². The Morgan fingerprint density at radius 1 is 1.19 bits per heavy atom. The summed E-state index contributed by atoms with van der Waals surface area (Å²) < 4.78 is 29.5. The summed E-state index contributed by atoms with van der Waals surface area (Å²) in [5.41, 5.74) is 0. The van der Waals surface area contributed by atoms with Crippen LogP contribution in [0.3, 0.4) is 0 Å². The first-order valence-corrected chi connectivity index (χ1v) is 5.05. The van der Waals surface area contributed by atoms with E-state index in [1.807, 2.05) is 0 Å². The summed E-state index contributed by atoms with van der Waals surface area (Å²) in [5, 5.41) is 5.34. The SMILES string of the molecule is CC(C(=O)S)C(C(=O)O)S(=O)(=O)O.[NaH].[NaH].[NaH]. The van der Waals surface area contributed by atoms with E-state index in [4.69, 9.17) is 9.66 Å². The molecule has 82 valence electrons. The Morgan fingerprint density at radius 2 is 1.50 bits per heavy atom. The second-order valence-corrected chi connectivity index (χ2v) is 4.38. The van der Waals surface area contributed by atoms with Crippen molar-refractivity contribution in [3.63, 3.8) is 0 Å². The van der Waals surface area contributed by atoms with Gasteiger partial charge in [-0.1, -0.05) is 6.92 Å². The average Bonchev–Trinajstić information content (AvgIpc) is 1.82. The van der Waals surface area contributed by atoms with Crippen LogP contribution in [-0.2, 0) is 19.7 Å². The van der Waals surface area contributed by atoms with Gasteiger partial charge in [0.1, 0.15) is 0 Å². The van der Waals surface area contributed by atoms with Gasteiger partial charge in [0.05, 0.1) is 5.92 Å². The molecule has 0 saturated carbocycles. The summed E-state index contributed by atoms with van der Waals surface area (Å²) in [7, 11) is -4.78. The molecule has 11 heteroatoms. The van der Waals surface area contributed by atoms with Crippen LogP contribution in [0, 0.1) is 5.92 Å². The van der Waals surface area contributed by atoms with Gasteiger partial charge in [0.15, 0.2) is 10.4 Å². The van der Waals surface area contributed by atoms with Crippen molar-refractivity contribution >= 4 is 123 Å². The van der Waals surface area contributed by atoms with E-state index in [0.717, 1.165) is 6.92 Å². The third-order valence-electron chi connectivity index (χ3n) is 1.41. The Kier molecular flexibility index (Phi) is 18.9. The molecule has 0 aliphatic heterocycles. The number of hydrogen-bond donors (Lipinski definition) is 3. The molecule has 0 aromatic heterocycles. The molecule has 0 aliphatic rings. The van der Waals surface area contributed by atoms with Crippen molar-refractivity contribution in [3.8, 4) is 0 Å². The summed E-state index contributed by atoms with van der Waals surface area (Å²) in [6.07, 6.45) is 0. The zero-order valence-electron chi connectivity index (χ0n) is 6.54. The predicted octanol–water partition coefficient (Wildman–Crippen LogP) is -2.53. The number of rotatable bonds is 4. The van der Waals surface area contributed by atoms with Gasteiger partial charge in [-0.15, -0.1) is 12.6 Å². The number of aliphatic carboxylic acids is 1. The van der Waals surface area contributed by atoms with Gasteiger partial charge in [-0.25, -0.2) is 0 Å². The van der Waals surface area contributed by atoms with E-state index in [-0.39, 0.29) is 88.7 Å². The van der Waals surface area contributed by atoms with Crippen LogP contribution in [0.2, 0.25) is 0 Å². The molecule has 2 unspecified atom stereocenters. The molecule has 2 atom stereocenters. The summed E-state index contributed by atoms with van der Waals surface area (Å²) in [4.78, 5) is 20.9. The fourth-order valence-corrected chi connectivity index (χ4v) is 1.87. The van der Waals surface area contributed by atoms with E-state index in [2.05, 4.69) is 12.6 Å². The molecule has 0 amide bonds. The van der Waals surface area contributed by atoms with Gasteiger partial charge in [0.2, 0.25) is 0 Å². The number of carbonyl (C=O) groups excluding carboxylic acids is 1. The molecule has 0 radical (unpaired) electrons. The number of hydrogen-bond acceptors (Lipinski definition) is 4. The first-order chi connectivity index (χ1) is 5.68.